The molecular weight excluding hydrogens is 267 g/mol. The van der Waals surface area contributed by atoms with Crippen LogP contribution in [0, 0.1) is 5.82 Å². The van der Waals surface area contributed by atoms with Gasteiger partial charge in [0.2, 0.25) is 0 Å². The highest BCUT2D eigenvalue weighted by molar-refractivity contribution is 6.16. The molecular formula is C14H14ClFN2O. The average Bonchev–Trinajstić information content (AvgIpc) is 3.10. The third-order valence-electron chi connectivity index (χ3n) is 4.25. The first-order valence-corrected chi connectivity index (χ1v) is 7.17. The maximum Gasteiger partial charge on any atom is 0.125 e. The van der Waals surface area contributed by atoms with Crippen LogP contribution in [0.1, 0.15) is 31.1 Å². The highest BCUT2D eigenvalue weighted by Crippen LogP contribution is 2.43. The standard InChI is InChI=1S/C14H14ClFN2O/c15-7-14-17-10-3-1-8(16)5-11(10)18(14)12-6-9-2-4-13(12)19-9/h1,3,5,9,12-13H,2,4,6-7H2. The first-order valence-electron chi connectivity index (χ1n) is 6.64. The van der Waals surface area contributed by atoms with Crippen molar-refractivity contribution in [2.45, 2.75) is 43.4 Å². The van der Waals surface area contributed by atoms with Crippen molar-refractivity contribution in [3.63, 3.8) is 0 Å². The minimum atomic E-state index is -0.237. The molecule has 0 spiro atoms. The molecule has 2 aromatic rings. The van der Waals surface area contributed by atoms with Crippen LogP contribution in [0.25, 0.3) is 11.0 Å². The lowest BCUT2D eigenvalue weighted by atomic mass is 9.95. The van der Waals surface area contributed by atoms with Gasteiger partial charge in [-0.3, -0.25) is 0 Å². The maximum absolute atomic E-state index is 13.5. The predicted molar refractivity (Wildman–Crippen MR) is 70.8 cm³/mol. The van der Waals surface area contributed by atoms with Crippen molar-refractivity contribution >= 4 is 22.6 Å². The third kappa shape index (κ3) is 1.70. The van der Waals surface area contributed by atoms with Crippen LogP contribution >= 0.6 is 11.6 Å². The number of fused-ring (bicyclic) bond motifs is 3. The molecule has 3 heterocycles. The number of benzene rings is 1. The van der Waals surface area contributed by atoms with Crippen LogP contribution in [0.5, 0.6) is 0 Å². The highest BCUT2D eigenvalue weighted by Gasteiger charge is 2.42. The Hall–Kier alpha value is -1.13. The van der Waals surface area contributed by atoms with Crippen LogP contribution in [0.3, 0.4) is 0 Å². The second-order valence-corrected chi connectivity index (χ2v) is 5.61. The molecule has 0 aliphatic carbocycles. The number of imidazole rings is 1. The van der Waals surface area contributed by atoms with Gasteiger partial charge < -0.3 is 9.30 Å². The quantitative estimate of drug-likeness (QED) is 0.788. The molecule has 1 aromatic carbocycles. The molecule has 2 fully saturated rings. The number of nitrogens with zero attached hydrogens (tertiary/aromatic N) is 2. The zero-order chi connectivity index (χ0) is 13.0. The summed E-state index contributed by atoms with van der Waals surface area (Å²) in [6.45, 7) is 0. The summed E-state index contributed by atoms with van der Waals surface area (Å²) in [5, 5.41) is 0. The van der Waals surface area contributed by atoms with Gasteiger partial charge in [-0.05, 0) is 37.5 Å². The third-order valence-corrected chi connectivity index (χ3v) is 4.49. The summed E-state index contributed by atoms with van der Waals surface area (Å²) in [4.78, 5) is 4.51. The SMILES string of the molecule is Fc1ccc2nc(CCl)n(C3CC4CCC3O4)c2c1. The van der Waals surface area contributed by atoms with Crippen molar-refractivity contribution in [3.05, 3.63) is 29.8 Å². The number of hydrogen-bond donors (Lipinski definition) is 0. The fraction of sp³-hybridized carbons (Fsp3) is 0.500. The highest BCUT2D eigenvalue weighted by atomic mass is 35.5. The molecule has 2 saturated heterocycles. The van der Waals surface area contributed by atoms with Gasteiger partial charge in [-0.15, -0.1) is 11.6 Å². The lowest BCUT2D eigenvalue weighted by Crippen LogP contribution is -2.22. The number of ether oxygens (including phenoxy) is 1. The smallest absolute Gasteiger partial charge is 0.125 e. The van der Waals surface area contributed by atoms with Gasteiger partial charge in [0.1, 0.15) is 11.6 Å². The number of aromatic nitrogens is 2. The van der Waals surface area contributed by atoms with E-state index < -0.39 is 0 Å². The average molecular weight is 281 g/mol. The van der Waals surface area contributed by atoms with Gasteiger partial charge in [0, 0.05) is 0 Å². The number of hydrogen-bond acceptors (Lipinski definition) is 2. The summed E-state index contributed by atoms with van der Waals surface area (Å²) in [5.74, 6) is 0.909. The van der Waals surface area contributed by atoms with Crippen molar-refractivity contribution in [1.29, 1.82) is 0 Å². The molecule has 1 aromatic heterocycles. The number of halogens is 2. The molecule has 2 aliphatic rings. The Morgan fingerprint density at radius 2 is 2.32 bits per heavy atom. The Labute approximate surface area is 115 Å². The lowest BCUT2D eigenvalue weighted by molar-refractivity contribution is 0.0940. The van der Waals surface area contributed by atoms with Crippen LogP contribution in [-0.2, 0) is 10.6 Å². The summed E-state index contributed by atoms with van der Waals surface area (Å²) in [6.07, 6.45) is 3.78. The first kappa shape index (κ1) is 11.7. The van der Waals surface area contributed by atoms with Gasteiger partial charge in [0.25, 0.3) is 0 Å². The van der Waals surface area contributed by atoms with Gasteiger partial charge in [-0.2, -0.15) is 0 Å². The van der Waals surface area contributed by atoms with E-state index in [9.17, 15) is 4.39 Å². The van der Waals surface area contributed by atoms with Gasteiger partial charge >= 0.3 is 0 Å². The van der Waals surface area contributed by atoms with E-state index in [0.29, 0.717) is 12.0 Å². The van der Waals surface area contributed by atoms with E-state index in [1.165, 1.54) is 6.07 Å². The normalized spacial score (nSPS) is 29.5. The predicted octanol–water partition coefficient (Wildman–Crippen LogP) is 3.41. The van der Waals surface area contributed by atoms with Crippen molar-refractivity contribution in [2.24, 2.45) is 0 Å². The molecule has 0 N–H and O–H groups in total. The number of rotatable bonds is 2. The number of alkyl halides is 1. The van der Waals surface area contributed by atoms with E-state index in [0.717, 1.165) is 36.1 Å². The van der Waals surface area contributed by atoms with Gasteiger partial charge in [-0.1, -0.05) is 0 Å². The monoisotopic (exact) mass is 280 g/mol. The van der Waals surface area contributed by atoms with Crippen molar-refractivity contribution in [1.82, 2.24) is 9.55 Å². The van der Waals surface area contributed by atoms with Gasteiger partial charge in [-0.25, -0.2) is 9.37 Å². The Bertz CT molecular complexity index is 642. The van der Waals surface area contributed by atoms with Crippen LogP contribution in [0.2, 0.25) is 0 Å². The van der Waals surface area contributed by atoms with E-state index in [1.54, 1.807) is 12.1 Å². The van der Waals surface area contributed by atoms with E-state index in [1.807, 2.05) is 0 Å². The summed E-state index contributed by atoms with van der Waals surface area (Å²) in [7, 11) is 0. The molecule has 0 radical (unpaired) electrons. The van der Waals surface area contributed by atoms with Crippen LogP contribution in [-0.4, -0.2) is 21.8 Å². The molecule has 3 unspecified atom stereocenters. The van der Waals surface area contributed by atoms with Crippen LogP contribution in [0.15, 0.2) is 18.2 Å². The van der Waals surface area contributed by atoms with Gasteiger partial charge in [0.05, 0.1) is 35.2 Å². The lowest BCUT2D eigenvalue weighted by Gasteiger charge is -2.22. The molecule has 4 rings (SSSR count). The molecule has 3 nitrogen and oxygen atoms in total. The van der Waals surface area contributed by atoms with Crippen molar-refractivity contribution in [2.75, 3.05) is 0 Å². The minimum absolute atomic E-state index is 0.229. The molecule has 0 amide bonds. The van der Waals surface area contributed by atoms with E-state index in [-0.39, 0.29) is 18.0 Å². The Balaban J connectivity index is 1.89. The summed E-state index contributed by atoms with van der Waals surface area (Å²) in [6, 6.07) is 4.95. The Kier molecular flexibility index (Phi) is 2.57. The summed E-state index contributed by atoms with van der Waals surface area (Å²) in [5.41, 5.74) is 1.64. The summed E-state index contributed by atoms with van der Waals surface area (Å²) < 4.78 is 21.5. The van der Waals surface area contributed by atoms with E-state index in [2.05, 4.69) is 9.55 Å². The molecule has 2 aliphatic heterocycles. The van der Waals surface area contributed by atoms with E-state index in [4.69, 9.17) is 16.3 Å². The zero-order valence-electron chi connectivity index (χ0n) is 10.4. The fourth-order valence-corrected chi connectivity index (χ4v) is 3.65. The largest absolute Gasteiger partial charge is 0.373 e. The zero-order valence-corrected chi connectivity index (χ0v) is 11.1. The van der Waals surface area contributed by atoms with Crippen molar-refractivity contribution in [3.8, 4) is 0 Å². The maximum atomic E-state index is 13.5. The van der Waals surface area contributed by atoms with Crippen molar-refractivity contribution < 1.29 is 9.13 Å². The molecule has 2 bridgehead atoms. The Morgan fingerprint density at radius 3 is 3.00 bits per heavy atom. The molecule has 5 heteroatoms. The van der Waals surface area contributed by atoms with Gasteiger partial charge in [0.15, 0.2) is 0 Å². The van der Waals surface area contributed by atoms with E-state index >= 15 is 0 Å². The topological polar surface area (TPSA) is 27.1 Å². The fourth-order valence-electron chi connectivity index (χ4n) is 3.46. The first-order chi connectivity index (χ1) is 9.26. The molecule has 100 valence electrons. The second-order valence-electron chi connectivity index (χ2n) is 5.34. The summed E-state index contributed by atoms with van der Waals surface area (Å²) >= 11 is 6.01. The second kappa shape index (κ2) is 4.18. The van der Waals surface area contributed by atoms with Crippen LogP contribution < -0.4 is 0 Å². The minimum Gasteiger partial charge on any atom is -0.373 e. The molecule has 0 saturated carbocycles. The Morgan fingerprint density at radius 1 is 1.42 bits per heavy atom. The molecule has 3 atom stereocenters. The molecule has 19 heavy (non-hydrogen) atoms. The van der Waals surface area contributed by atoms with Crippen LogP contribution in [0.4, 0.5) is 4.39 Å².